The first-order valence-electron chi connectivity index (χ1n) is 8.42. The summed E-state index contributed by atoms with van der Waals surface area (Å²) < 4.78 is 0. The molecule has 1 atom stereocenters. The van der Waals surface area contributed by atoms with Crippen LogP contribution in [0.25, 0.3) is 0 Å². The molecule has 0 radical (unpaired) electrons. The topological polar surface area (TPSA) is 72.5 Å². The summed E-state index contributed by atoms with van der Waals surface area (Å²) in [6.45, 7) is 3.73. The molecule has 0 saturated carbocycles. The van der Waals surface area contributed by atoms with E-state index in [1.807, 2.05) is 9.80 Å². The lowest BCUT2D eigenvalue weighted by Crippen LogP contribution is -2.51. The smallest absolute Gasteiger partial charge is 0.290 e. The number of piperazine rings is 1. The van der Waals surface area contributed by atoms with Crippen molar-refractivity contribution >= 4 is 11.7 Å². The minimum atomic E-state index is -0.170. The van der Waals surface area contributed by atoms with Gasteiger partial charge < -0.3 is 19.7 Å². The van der Waals surface area contributed by atoms with Gasteiger partial charge in [-0.25, -0.2) is 4.98 Å². The number of hydrogen-bond acceptors (Lipinski definition) is 5. The number of nitrogens with zero attached hydrogens (tertiary/aromatic N) is 4. The molecule has 2 saturated heterocycles. The third-order valence-corrected chi connectivity index (χ3v) is 4.95. The predicted molar refractivity (Wildman–Crippen MR) is 88.5 cm³/mol. The first-order valence-corrected chi connectivity index (χ1v) is 8.42. The average molecular weight is 319 g/mol. The second-order valence-corrected chi connectivity index (χ2v) is 6.44. The Morgan fingerprint density at radius 1 is 1.26 bits per heavy atom. The van der Waals surface area contributed by atoms with Gasteiger partial charge in [-0.15, -0.1) is 0 Å². The van der Waals surface area contributed by atoms with E-state index in [0.29, 0.717) is 44.5 Å². The summed E-state index contributed by atoms with van der Waals surface area (Å²) in [4.78, 5) is 37.3. The van der Waals surface area contributed by atoms with Crippen LogP contribution in [0, 0.1) is 0 Å². The number of aromatic amines is 1. The molecule has 1 N–H and O–H groups in total. The summed E-state index contributed by atoms with van der Waals surface area (Å²) in [7, 11) is 2.11. The Morgan fingerprint density at radius 2 is 2.04 bits per heavy atom. The van der Waals surface area contributed by atoms with Crippen molar-refractivity contribution in [2.75, 3.05) is 44.7 Å². The highest BCUT2D eigenvalue weighted by Gasteiger charge is 2.27. The highest BCUT2D eigenvalue weighted by atomic mass is 16.2. The van der Waals surface area contributed by atoms with Crippen LogP contribution in [0.4, 0.5) is 5.82 Å². The molecule has 1 aromatic rings. The van der Waals surface area contributed by atoms with E-state index in [1.54, 1.807) is 6.20 Å². The Morgan fingerprint density at radius 3 is 2.74 bits per heavy atom. The second-order valence-electron chi connectivity index (χ2n) is 6.44. The molecule has 7 heteroatoms. The molecule has 2 fully saturated rings. The van der Waals surface area contributed by atoms with Crippen LogP contribution in [0.1, 0.15) is 25.7 Å². The fourth-order valence-electron chi connectivity index (χ4n) is 3.47. The van der Waals surface area contributed by atoms with Gasteiger partial charge >= 0.3 is 0 Å². The van der Waals surface area contributed by atoms with Gasteiger partial charge in [-0.2, -0.15) is 0 Å². The van der Waals surface area contributed by atoms with Crippen molar-refractivity contribution in [2.45, 2.75) is 31.7 Å². The quantitative estimate of drug-likeness (QED) is 0.867. The number of piperidine rings is 1. The zero-order valence-corrected chi connectivity index (χ0v) is 13.7. The van der Waals surface area contributed by atoms with E-state index in [1.165, 1.54) is 19.0 Å². The summed E-state index contributed by atoms with van der Waals surface area (Å²) in [6.07, 6.45) is 7.31. The zero-order chi connectivity index (χ0) is 16.2. The third kappa shape index (κ3) is 3.72. The fraction of sp³-hybridized carbons (Fsp3) is 0.688. The maximum atomic E-state index is 12.5. The highest BCUT2D eigenvalue weighted by molar-refractivity contribution is 5.77. The second kappa shape index (κ2) is 7.12. The van der Waals surface area contributed by atoms with Crippen LogP contribution in [0.15, 0.2) is 17.2 Å². The molecule has 23 heavy (non-hydrogen) atoms. The van der Waals surface area contributed by atoms with E-state index < -0.39 is 0 Å². The molecular formula is C16H25N5O2. The van der Waals surface area contributed by atoms with Crippen molar-refractivity contribution in [3.05, 3.63) is 22.7 Å². The van der Waals surface area contributed by atoms with E-state index >= 15 is 0 Å². The highest BCUT2D eigenvalue weighted by Crippen LogP contribution is 2.19. The number of aromatic nitrogens is 2. The molecule has 7 nitrogen and oxygen atoms in total. The van der Waals surface area contributed by atoms with E-state index in [4.69, 9.17) is 0 Å². The lowest BCUT2D eigenvalue weighted by Gasteiger charge is -2.37. The molecule has 0 bridgehead atoms. The number of hydrogen-bond donors (Lipinski definition) is 1. The summed E-state index contributed by atoms with van der Waals surface area (Å²) in [5.74, 6) is 0.685. The van der Waals surface area contributed by atoms with Crippen LogP contribution in [0.5, 0.6) is 0 Å². The minimum Gasteiger partial charge on any atom is -0.348 e. The predicted octanol–water partition coefficient (Wildman–Crippen LogP) is 0.293. The van der Waals surface area contributed by atoms with E-state index in [9.17, 15) is 9.59 Å². The van der Waals surface area contributed by atoms with Crippen molar-refractivity contribution in [1.29, 1.82) is 0 Å². The molecule has 1 unspecified atom stereocenters. The van der Waals surface area contributed by atoms with Gasteiger partial charge in [0.05, 0.1) is 0 Å². The number of rotatable bonds is 3. The zero-order valence-electron chi connectivity index (χ0n) is 13.7. The van der Waals surface area contributed by atoms with Gasteiger partial charge in [0.1, 0.15) is 0 Å². The Hall–Kier alpha value is -1.89. The van der Waals surface area contributed by atoms with Crippen molar-refractivity contribution in [3.63, 3.8) is 0 Å². The molecule has 0 spiro atoms. The molecule has 1 aromatic heterocycles. The number of anilines is 1. The van der Waals surface area contributed by atoms with Crippen LogP contribution in [0.3, 0.4) is 0 Å². The molecule has 3 heterocycles. The van der Waals surface area contributed by atoms with E-state index in [2.05, 4.69) is 21.9 Å². The maximum absolute atomic E-state index is 12.5. The van der Waals surface area contributed by atoms with Crippen LogP contribution in [-0.4, -0.2) is 71.5 Å². The van der Waals surface area contributed by atoms with Crippen LogP contribution >= 0.6 is 0 Å². The maximum Gasteiger partial charge on any atom is 0.290 e. The normalized spacial score (nSPS) is 23.1. The third-order valence-electron chi connectivity index (χ3n) is 4.95. The van der Waals surface area contributed by atoms with Crippen molar-refractivity contribution in [2.24, 2.45) is 0 Å². The van der Waals surface area contributed by atoms with E-state index in [-0.39, 0.29) is 11.5 Å². The van der Waals surface area contributed by atoms with Gasteiger partial charge in [-0.1, -0.05) is 6.42 Å². The average Bonchev–Trinajstić information content (AvgIpc) is 2.57. The molecule has 3 rings (SSSR count). The van der Waals surface area contributed by atoms with Gasteiger partial charge in [0.15, 0.2) is 5.82 Å². The number of H-pyrrole nitrogens is 1. The van der Waals surface area contributed by atoms with Gasteiger partial charge in [-0.05, 0) is 26.4 Å². The number of carbonyl (C=O) groups excluding carboxylic acids is 1. The molecule has 2 aliphatic heterocycles. The molecule has 2 aliphatic rings. The lowest BCUT2D eigenvalue weighted by molar-refractivity contribution is -0.133. The first-order chi connectivity index (χ1) is 11.1. The largest absolute Gasteiger partial charge is 0.348 e. The standard InChI is InChI=1S/C16H25N5O2/c1-19-7-3-2-4-13(19)12-14(22)20-8-10-21(11-9-20)15-16(23)18-6-5-17-15/h5-6,13H,2-4,7-12H2,1H3,(H,18,23). The van der Waals surface area contributed by atoms with Crippen LogP contribution in [-0.2, 0) is 4.79 Å². The summed E-state index contributed by atoms with van der Waals surface area (Å²) in [6, 6.07) is 0.382. The minimum absolute atomic E-state index is 0.170. The SMILES string of the molecule is CN1CCCCC1CC(=O)N1CCN(c2ncc[nH]c2=O)CC1. The van der Waals surface area contributed by atoms with Gasteiger partial charge in [0.2, 0.25) is 5.91 Å². The summed E-state index contributed by atoms with van der Waals surface area (Å²) in [5.41, 5.74) is -0.170. The van der Waals surface area contributed by atoms with Gasteiger partial charge in [0.25, 0.3) is 5.56 Å². The summed E-state index contributed by atoms with van der Waals surface area (Å²) in [5, 5.41) is 0. The van der Waals surface area contributed by atoms with Crippen molar-refractivity contribution in [1.82, 2.24) is 19.8 Å². The number of amides is 1. The number of likely N-dealkylation sites (tertiary alicyclic amines) is 1. The Labute approximate surface area is 136 Å². The monoisotopic (exact) mass is 319 g/mol. The van der Waals surface area contributed by atoms with Gasteiger partial charge in [0, 0.05) is 51.0 Å². The molecule has 126 valence electrons. The molecule has 1 amide bonds. The van der Waals surface area contributed by atoms with Crippen LogP contribution < -0.4 is 10.5 Å². The molecule has 0 aromatic carbocycles. The van der Waals surface area contributed by atoms with Crippen molar-refractivity contribution < 1.29 is 4.79 Å². The summed E-state index contributed by atoms with van der Waals surface area (Å²) >= 11 is 0. The van der Waals surface area contributed by atoms with E-state index in [0.717, 1.165) is 13.0 Å². The van der Waals surface area contributed by atoms with Crippen LogP contribution in [0.2, 0.25) is 0 Å². The Kier molecular flexibility index (Phi) is 4.95. The molecule has 0 aliphatic carbocycles. The van der Waals surface area contributed by atoms with Gasteiger partial charge in [-0.3, -0.25) is 9.59 Å². The Bertz CT molecular complexity index is 594. The fourth-order valence-corrected chi connectivity index (χ4v) is 3.47. The Balaban J connectivity index is 1.53. The number of nitrogens with one attached hydrogen (secondary N) is 1. The first kappa shape index (κ1) is 16.0. The lowest BCUT2D eigenvalue weighted by atomic mass is 9.99. The molecular weight excluding hydrogens is 294 g/mol. The number of carbonyl (C=O) groups is 1. The van der Waals surface area contributed by atoms with Crippen molar-refractivity contribution in [3.8, 4) is 0 Å².